The summed E-state index contributed by atoms with van der Waals surface area (Å²) in [6, 6.07) is 0. The molecule has 1 saturated heterocycles. The van der Waals surface area contributed by atoms with E-state index in [1.165, 1.54) is 12.8 Å². The third kappa shape index (κ3) is 5.80. The van der Waals surface area contributed by atoms with Gasteiger partial charge in [0.15, 0.2) is 0 Å². The molecule has 0 aromatic rings. The minimum absolute atomic E-state index is 0.816. The molecule has 88 valence electrons. The van der Waals surface area contributed by atoms with Crippen molar-refractivity contribution in [3.63, 3.8) is 0 Å². The van der Waals surface area contributed by atoms with Gasteiger partial charge in [-0.15, -0.1) is 0 Å². The van der Waals surface area contributed by atoms with Gasteiger partial charge in [0.25, 0.3) is 0 Å². The molecule has 1 rings (SSSR count). The van der Waals surface area contributed by atoms with Crippen LogP contribution in [0.15, 0.2) is 12.3 Å². The Hall–Kier alpha value is -0.540. The summed E-state index contributed by atoms with van der Waals surface area (Å²) in [6.45, 7) is 11.5. The van der Waals surface area contributed by atoms with Gasteiger partial charge in [-0.05, 0) is 6.42 Å². The second kappa shape index (κ2) is 7.71. The minimum Gasteiger partial charge on any atom is -0.497 e. The lowest BCUT2D eigenvalue weighted by molar-refractivity contribution is 0.0340. The van der Waals surface area contributed by atoms with Gasteiger partial charge >= 0.3 is 0 Å². The van der Waals surface area contributed by atoms with Crippen LogP contribution in [0, 0.1) is 0 Å². The maximum absolute atomic E-state index is 5.57. The molecular formula is C12H23NO2. The molecule has 1 aliphatic rings. The molecule has 0 bridgehead atoms. The Morgan fingerprint density at radius 1 is 1.33 bits per heavy atom. The number of rotatable bonds is 7. The summed E-state index contributed by atoms with van der Waals surface area (Å²) in [4.78, 5) is 2.33. The summed E-state index contributed by atoms with van der Waals surface area (Å²) >= 11 is 0. The lowest BCUT2D eigenvalue weighted by Gasteiger charge is -2.27. The molecule has 15 heavy (non-hydrogen) atoms. The van der Waals surface area contributed by atoms with Crippen LogP contribution in [0.3, 0.4) is 0 Å². The highest BCUT2D eigenvalue weighted by Crippen LogP contribution is 2.04. The summed E-state index contributed by atoms with van der Waals surface area (Å²) in [5.74, 6) is 0.896. The predicted molar refractivity (Wildman–Crippen MR) is 61.9 cm³/mol. The number of hydrogen-bond donors (Lipinski definition) is 0. The summed E-state index contributed by atoms with van der Waals surface area (Å²) in [5, 5.41) is 0. The normalized spacial score (nSPS) is 17.7. The third-order valence-corrected chi connectivity index (χ3v) is 2.56. The van der Waals surface area contributed by atoms with Crippen molar-refractivity contribution in [2.45, 2.75) is 26.2 Å². The molecule has 0 aromatic heterocycles. The van der Waals surface area contributed by atoms with Crippen molar-refractivity contribution in [1.29, 1.82) is 0 Å². The molecule has 0 spiro atoms. The van der Waals surface area contributed by atoms with E-state index in [4.69, 9.17) is 9.47 Å². The third-order valence-electron chi connectivity index (χ3n) is 2.56. The minimum atomic E-state index is 0.816. The molecule has 0 unspecified atom stereocenters. The highest BCUT2D eigenvalue weighted by molar-refractivity contribution is 4.87. The average Bonchev–Trinajstić information content (AvgIpc) is 2.26. The average molecular weight is 213 g/mol. The standard InChI is InChI=1S/C12H23NO2/c1-3-4-5-8-15-12(2)11-13-6-9-14-10-7-13/h2-11H2,1H3. The van der Waals surface area contributed by atoms with Crippen molar-refractivity contribution in [2.24, 2.45) is 0 Å². The lowest BCUT2D eigenvalue weighted by Crippen LogP contribution is -2.37. The topological polar surface area (TPSA) is 21.7 Å². The maximum atomic E-state index is 5.57. The van der Waals surface area contributed by atoms with Gasteiger partial charge in [-0.3, -0.25) is 4.90 Å². The van der Waals surface area contributed by atoms with E-state index in [9.17, 15) is 0 Å². The smallest absolute Gasteiger partial charge is 0.103 e. The van der Waals surface area contributed by atoms with Crippen LogP contribution in [0.5, 0.6) is 0 Å². The van der Waals surface area contributed by atoms with Crippen LogP contribution in [-0.2, 0) is 9.47 Å². The molecule has 3 heteroatoms. The fourth-order valence-corrected chi connectivity index (χ4v) is 1.62. The highest BCUT2D eigenvalue weighted by atomic mass is 16.5. The maximum Gasteiger partial charge on any atom is 0.103 e. The Morgan fingerprint density at radius 2 is 2.07 bits per heavy atom. The van der Waals surface area contributed by atoms with Crippen molar-refractivity contribution >= 4 is 0 Å². The van der Waals surface area contributed by atoms with E-state index < -0.39 is 0 Å². The van der Waals surface area contributed by atoms with E-state index >= 15 is 0 Å². The molecule has 0 aliphatic carbocycles. The van der Waals surface area contributed by atoms with Gasteiger partial charge in [-0.2, -0.15) is 0 Å². The van der Waals surface area contributed by atoms with Crippen LogP contribution in [0.25, 0.3) is 0 Å². The SMILES string of the molecule is C=C(CN1CCOCC1)OCCCCC. The zero-order chi connectivity index (χ0) is 10.9. The fourth-order valence-electron chi connectivity index (χ4n) is 1.62. The number of nitrogens with zero attached hydrogens (tertiary/aromatic N) is 1. The summed E-state index contributed by atoms with van der Waals surface area (Å²) in [7, 11) is 0. The van der Waals surface area contributed by atoms with Gasteiger partial charge in [0.2, 0.25) is 0 Å². The van der Waals surface area contributed by atoms with E-state index in [0.717, 1.165) is 51.6 Å². The van der Waals surface area contributed by atoms with Gasteiger partial charge in [-0.25, -0.2) is 0 Å². The Balaban J connectivity index is 2.01. The first-order valence-corrected chi connectivity index (χ1v) is 5.93. The summed E-state index contributed by atoms with van der Waals surface area (Å²) < 4.78 is 10.9. The highest BCUT2D eigenvalue weighted by Gasteiger charge is 2.11. The molecule has 1 aliphatic heterocycles. The zero-order valence-corrected chi connectivity index (χ0v) is 9.83. The molecule has 1 heterocycles. The summed E-state index contributed by atoms with van der Waals surface area (Å²) in [6.07, 6.45) is 3.61. The van der Waals surface area contributed by atoms with Crippen molar-refractivity contribution in [2.75, 3.05) is 39.5 Å². The van der Waals surface area contributed by atoms with Crippen LogP contribution < -0.4 is 0 Å². The van der Waals surface area contributed by atoms with Gasteiger partial charge in [0.05, 0.1) is 26.4 Å². The first-order valence-electron chi connectivity index (χ1n) is 5.93. The van der Waals surface area contributed by atoms with E-state index in [-0.39, 0.29) is 0 Å². The van der Waals surface area contributed by atoms with Crippen LogP contribution >= 0.6 is 0 Å². The zero-order valence-electron chi connectivity index (χ0n) is 9.83. The molecule has 0 saturated carbocycles. The monoisotopic (exact) mass is 213 g/mol. The van der Waals surface area contributed by atoms with E-state index in [0.29, 0.717) is 0 Å². The molecule has 0 aromatic carbocycles. The molecule has 0 radical (unpaired) electrons. The first kappa shape index (κ1) is 12.5. The van der Waals surface area contributed by atoms with Gasteiger partial charge in [0, 0.05) is 13.1 Å². The van der Waals surface area contributed by atoms with Crippen LogP contribution in [-0.4, -0.2) is 44.4 Å². The van der Waals surface area contributed by atoms with Crippen molar-refractivity contribution < 1.29 is 9.47 Å². The van der Waals surface area contributed by atoms with E-state index in [2.05, 4.69) is 18.4 Å². The Bertz CT molecular complexity index is 176. The number of morpholine rings is 1. The van der Waals surface area contributed by atoms with Crippen molar-refractivity contribution in [1.82, 2.24) is 4.90 Å². The van der Waals surface area contributed by atoms with E-state index in [1.54, 1.807) is 0 Å². The van der Waals surface area contributed by atoms with Crippen LogP contribution in [0.1, 0.15) is 26.2 Å². The molecule has 0 N–H and O–H groups in total. The first-order chi connectivity index (χ1) is 7.33. The fraction of sp³-hybridized carbons (Fsp3) is 0.833. The van der Waals surface area contributed by atoms with Gasteiger partial charge in [0.1, 0.15) is 5.76 Å². The Labute approximate surface area is 93.0 Å². The Morgan fingerprint density at radius 3 is 2.73 bits per heavy atom. The predicted octanol–water partition coefficient (Wildman–Crippen LogP) is 2.04. The van der Waals surface area contributed by atoms with Crippen LogP contribution in [0.2, 0.25) is 0 Å². The van der Waals surface area contributed by atoms with E-state index in [1.807, 2.05) is 0 Å². The number of hydrogen-bond acceptors (Lipinski definition) is 3. The molecule has 0 amide bonds. The van der Waals surface area contributed by atoms with Gasteiger partial charge < -0.3 is 9.47 Å². The van der Waals surface area contributed by atoms with Crippen molar-refractivity contribution in [3.8, 4) is 0 Å². The lowest BCUT2D eigenvalue weighted by atomic mass is 10.3. The largest absolute Gasteiger partial charge is 0.497 e. The quantitative estimate of drug-likeness (QED) is 0.477. The van der Waals surface area contributed by atoms with Gasteiger partial charge in [-0.1, -0.05) is 26.3 Å². The van der Waals surface area contributed by atoms with Crippen molar-refractivity contribution in [3.05, 3.63) is 12.3 Å². The number of unbranched alkanes of at least 4 members (excludes halogenated alkanes) is 2. The van der Waals surface area contributed by atoms with Crippen LogP contribution in [0.4, 0.5) is 0 Å². The Kier molecular flexibility index (Phi) is 6.44. The molecule has 3 nitrogen and oxygen atoms in total. The number of ether oxygens (including phenoxy) is 2. The molecule has 0 atom stereocenters. The molecule has 1 fully saturated rings. The second-order valence-corrected chi connectivity index (χ2v) is 3.98. The molecular weight excluding hydrogens is 190 g/mol. The second-order valence-electron chi connectivity index (χ2n) is 3.98. The summed E-state index contributed by atoms with van der Waals surface area (Å²) in [5.41, 5.74) is 0.